The highest BCUT2D eigenvalue weighted by atomic mass is 16.7. The summed E-state index contributed by atoms with van der Waals surface area (Å²) in [5.74, 6) is -0.891. The second kappa shape index (κ2) is 11.5. The maximum Gasteiger partial charge on any atom is 0.333 e. The molecule has 0 unspecified atom stereocenters. The molecular formula is C21H28O13. The number of rotatable bonds is 7. The number of esters is 1. The first-order valence-electron chi connectivity index (χ1n) is 10.4. The fourth-order valence-corrected chi connectivity index (χ4v) is 3.56. The van der Waals surface area contributed by atoms with E-state index in [1.54, 1.807) is 0 Å². The number of phenolic OH excluding ortho intramolecular Hbond substituents is 1. The molecule has 0 bridgehead atoms. The van der Waals surface area contributed by atoms with Gasteiger partial charge < -0.3 is 59.8 Å². The lowest BCUT2D eigenvalue weighted by Crippen LogP contribution is -2.64. The fourth-order valence-electron chi connectivity index (χ4n) is 3.56. The van der Waals surface area contributed by atoms with Gasteiger partial charge in [0.1, 0.15) is 54.6 Å². The van der Waals surface area contributed by atoms with Crippen LogP contribution in [0.4, 0.5) is 0 Å². The van der Waals surface area contributed by atoms with Crippen LogP contribution in [0.5, 0.6) is 5.75 Å². The Labute approximate surface area is 193 Å². The quantitative estimate of drug-likeness (QED) is 0.139. The number of carbonyl (C=O) groups is 1. The molecule has 2 saturated heterocycles. The Morgan fingerprint density at radius 3 is 2.03 bits per heavy atom. The number of phenols is 1. The topological polar surface area (TPSA) is 216 Å². The van der Waals surface area contributed by atoms with Gasteiger partial charge in [-0.15, -0.1) is 0 Å². The smallest absolute Gasteiger partial charge is 0.333 e. The predicted molar refractivity (Wildman–Crippen MR) is 110 cm³/mol. The molecule has 1 aromatic carbocycles. The molecule has 0 saturated carbocycles. The highest BCUT2D eigenvalue weighted by Crippen LogP contribution is 2.29. The number of aliphatic hydroxyl groups is 7. The highest BCUT2D eigenvalue weighted by molar-refractivity contribution is 5.87. The molecular weight excluding hydrogens is 460 g/mol. The zero-order valence-corrected chi connectivity index (χ0v) is 17.8. The SMILES string of the molecule is O=C(C=Cc1ccc(O)cc1)O[C@@H]1O[C@H](CO)[C@@H](O[C@H]2O[C@H](CO)[C@H](O)[C@H](O)[C@H]2O)[C@H](O)[C@H]1O. The van der Waals surface area contributed by atoms with Crippen molar-refractivity contribution in [1.82, 2.24) is 0 Å². The number of aromatic hydroxyl groups is 1. The largest absolute Gasteiger partial charge is 0.508 e. The molecule has 0 aliphatic carbocycles. The van der Waals surface area contributed by atoms with Crippen LogP contribution in [0.2, 0.25) is 0 Å². The number of aliphatic hydroxyl groups excluding tert-OH is 7. The Hall–Kier alpha value is -2.17. The first-order valence-corrected chi connectivity index (χ1v) is 10.4. The van der Waals surface area contributed by atoms with E-state index in [9.17, 15) is 45.6 Å². The van der Waals surface area contributed by atoms with Gasteiger partial charge in [-0.1, -0.05) is 12.1 Å². The van der Waals surface area contributed by atoms with E-state index in [1.165, 1.54) is 30.3 Å². The van der Waals surface area contributed by atoms with E-state index in [0.29, 0.717) is 5.56 Å². The van der Waals surface area contributed by atoms with Crippen LogP contribution in [0.15, 0.2) is 30.3 Å². The highest BCUT2D eigenvalue weighted by Gasteiger charge is 2.51. The summed E-state index contributed by atoms with van der Waals surface area (Å²) in [5, 5.41) is 79.0. The Morgan fingerprint density at radius 2 is 1.41 bits per heavy atom. The number of carbonyl (C=O) groups excluding carboxylic acids is 1. The molecule has 10 atom stereocenters. The van der Waals surface area contributed by atoms with Crippen molar-refractivity contribution in [1.29, 1.82) is 0 Å². The molecule has 34 heavy (non-hydrogen) atoms. The summed E-state index contributed by atoms with van der Waals surface area (Å²) in [6.45, 7) is -1.47. The van der Waals surface area contributed by atoms with Crippen molar-refractivity contribution >= 4 is 12.0 Å². The molecule has 2 aliphatic rings. The lowest BCUT2D eigenvalue weighted by atomic mass is 9.97. The van der Waals surface area contributed by atoms with Crippen molar-refractivity contribution in [3.63, 3.8) is 0 Å². The third kappa shape index (κ3) is 5.90. The van der Waals surface area contributed by atoms with Crippen LogP contribution in [-0.4, -0.2) is 121 Å². The van der Waals surface area contributed by atoms with Gasteiger partial charge in [0, 0.05) is 6.08 Å². The van der Waals surface area contributed by atoms with Crippen LogP contribution < -0.4 is 0 Å². The van der Waals surface area contributed by atoms with Crippen LogP contribution in [-0.2, 0) is 23.7 Å². The van der Waals surface area contributed by atoms with Crippen molar-refractivity contribution in [3.8, 4) is 5.75 Å². The Balaban J connectivity index is 1.64. The molecule has 0 aromatic heterocycles. The lowest BCUT2D eigenvalue weighted by Gasteiger charge is -2.45. The Morgan fingerprint density at radius 1 is 0.824 bits per heavy atom. The van der Waals surface area contributed by atoms with Gasteiger partial charge in [-0.25, -0.2) is 4.79 Å². The first kappa shape index (κ1) is 26.4. The van der Waals surface area contributed by atoms with Gasteiger partial charge in [-0.05, 0) is 23.8 Å². The van der Waals surface area contributed by atoms with Gasteiger partial charge in [-0.2, -0.15) is 0 Å². The second-order valence-electron chi connectivity index (χ2n) is 7.87. The minimum Gasteiger partial charge on any atom is -0.508 e. The molecule has 13 nitrogen and oxygen atoms in total. The predicted octanol–water partition coefficient (Wildman–Crippen LogP) is -3.43. The third-order valence-corrected chi connectivity index (χ3v) is 5.50. The maximum atomic E-state index is 12.1. The van der Waals surface area contributed by atoms with Crippen molar-refractivity contribution in [2.75, 3.05) is 13.2 Å². The van der Waals surface area contributed by atoms with E-state index in [2.05, 4.69) is 0 Å². The van der Waals surface area contributed by atoms with Crippen LogP contribution in [0.1, 0.15) is 5.56 Å². The molecule has 2 heterocycles. The molecule has 0 amide bonds. The summed E-state index contributed by atoms with van der Waals surface area (Å²) >= 11 is 0. The molecule has 190 valence electrons. The average Bonchev–Trinajstić information content (AvgIpc) is 2.83. The normalized spacial score (nSPS) is 38.7. The van der Waals surface area contributed by atoms with Crippen molar-refractivity contribution in [2.24, 2.45) is 0 Å². The maximum absolute atomic E-state index is 12.1. The monoisotopic (exact) mass is 488 g/mol. The van der Waals surface area contributed by atoms with E-state index in [0.717, 1.165) is 6.08 Å². The Kier molecular flexibility index (Phi) is 8.95. The minimum absolute atomic E-state index is 0.0444. The summed E-state index contributed by atoms with van der Waals surface area (Å²) in [6.07, 6.45) is -13.9. The van der Waals surface area contributed by atoms with Crippen LogP contribution in [0.3, 0.4) is 0 Å². The summed E-state index contributed by atoms with van der Waals surface area (Å²) in [4.78, 5) is 12.1. The second-order valence-corrected chi connectivity index (χ2v) is 7.87. The number of benzene rings is 1. The van der Waals surface area contributed by atoms with Gasteiger partial charge in [0.05, 0.1) is 13.2 Å². The molecule has 3 rings (SSSR count). The summed E-state index contributed by atoms with van der Waals surface area (Å²) in [6, 6.07) is 5.91. The minimum atomic E-state index is -1.83. The summed E-state index contributed by atoms with van der Waals surface area (Å²) in [7, 11) is 0. The van der Waals surface area contributed by atoms with Crippen molar-refractivity contribution in [2.45, 2.75) is 61.4 Å². The molecule has 2 aliphatic heterocycles. The zero-order chi connectivity index (χ0) is 25.0. The van der Waals surface area contributed by atoms with E-state index in [1.807, 2.05) is 0 Å². The summed E-state index contributed by atoms with van der Waals surface area (Å²) < 4.78 is 21.0. The molecule has 8 N–H and O–H groups in total. The lowest BCUT2D eigenvalue weighted by molar-refractivity contribution is -0.355. The van der Waals surface area contributed by atoms with Gasteiger partial charge in [-0.3, -0.25) is 0 Å². The van der Waals surface area contributed by atoms with Crippen molar-refractivity contribution < 1.29 is 64.6 Å². The van der Waals surface area contributed by atoms with E-state index in [-0.39, 0.29) is 5.75 Å². The molecule has 0 spiro atoms. The molecule has 0 radical (unpaired) electrons. The van der Waals surface area contributed by atoms with Crippen LogP contribution >= 0.6 is 0 Å². The Bertz CT molecular complexity index is 826. The average molecular weight is 488 g/mol. The standard InChI is InChI=1S/C21H28O13/c22-7-11-14(26)15(27)17(29)21(31-11)34-19-12(8-23)32-20(18(30)16(19)28)33-13(25)6-3-9-1-4-10(24)5-2-9/h1-6,11-12,14-24,26-30H,7-8H2/t11-,12-,14+,15+,16-,17-,18-,19-,20+,21-/m1/s1. The third-order valence-electron chi connectivity index (χ3n) is 5.50. The van der Waals surface area contributed by atoms with Gasteiger partial charge in [0.15, 0.2) is 6.29 Å². The summed E-state index contributed by atoms with van der Waals surface area (Å²) in [5.41, 5.74) is 0.570. The van der Waals surface area contributed by atoms with Gasteiger partial charge in [0.25, 0.3) is 0 Å². The first-order chi connectivity index (χ1) is 16.2. The number of hydrogen-bond acceptors (Lipinski definition) is 13. The molecule has 2 fully saturated rings. The zero-order valence-electron chi connectivity index (χ0n) is 17.8. The van der Waals surface area contributed by atoms with Crippen molar-refractivity contribution in [3.05, 3.63) is 35.9 Å². The van der Waals surface area contributed by atoms with Crippen LogP contribution in [0, 0.1) is 0 Å². The van der Waals surface area contributed by atoms with Gasteiger partial charge >= 0.3 is 5.97 Å². The van der Waals surface area contributed by atoms with E-state index >= 15 is 0 Å². The van der Waals surface area contributed by atoms with E-state index in [4.69, 9.17) is 18.9 Å². The number of hydrogen-bond donors (Lipinski definition) is 8. The molecule has 1 aromatic rings. The van der Waals surface area contributed by atoms with E-state index < -0.39 is 80.6 Å². The van der Waals surface area contributed by atoms with Crippen LogP contribution in [0.25, 0.3) is 6.08 Å². The molecule has 13 heteroatoms. The number of ether oxygens (including phenoxy) is 4. The fraction of sp³-hybridized carbons (Fsp3) is 0.571. The van der Waals surface area contributed by atoms with Gasteiger partial charge in [0.2, 0.25) is 6.29 Å².